The van der Waals surface area contributed by atoms with E-state index in [9.17, 15) is 5.11 Å². The van der Waals surface area contributed by atoms with E-state index in [2.05, 4.69) is 27.7 Å². The average molecular weight is 653 g/mol. The number of hydrogen-bond donors (Lipinski definition) is 1. The van der Waals surface area contributed by atoms with E-state index in [0.717, 1.165) is 27.8 Å². The van der Waals surface area contributed by atoms with Crippen LogP contribution in [0, 0.1) is 10.8 Å². The van der Waals surface area contributed by atoms with Crippen LogP contribution in [-0.4, -0.2) is 45.8 Å². The molecule has 4 aromatic carbocycles. The monoisotopic (exact) mass is 652 g/mol. The predicted molar refractivity (Wildman–Crippen MR) is 185 cm³/mol. The maximum atomic E-state index is 11.1. The lowest BCUT2D eigenvalue weighted by Crippen LogP contribution is -2.33. The molecular weight excluding hydrogens is 608 g/mol. The lowest BCUT2D eigenvalue weighted by molar-refractivity contribution is -0.226. The van der Waals surface area contributed by atoms with E-state index in [1.807, 2.05) is 84.9 Å². The van der Waals surface area contributed by atoms with Gasteiger partial charge in [0.25, 0.3) is 0 Å². The van der Waals surface area contributed by atoms with Gasteiger partial charge < -0.3 is 38.3 Å². The van der Waals surface area contributed by atoms with E-state index >= 15 is 0 Å². The highest BCUT2D eigenvalue weighted by Gasteiger charge is 2.31. The zero-order chi connectivity index (χ0) is 33.9. The summed E-state index contributed by atoms with van der Waals surface area (Å²) in [6.45, 7) is 10.9. The summed E-state index contributed by atoms with van der Waals surface area (Å²) in [4.78, 5) is 0. The van der Waals surface area contributed by atoms with Crippen molar-refractivity contribution in [2.24, 2.45) is 10.8 Å². The van der Waals surface area contributed by atoms with Crippen LogP contribution in [0.15, 0.2) is 78.9 Å². The molecule has 0 radical (unpaired) electrons. The molecule has 6 rings (SSSR count). The first-order valence-corrected chi connectivity index (χ1v) is 16.1. The Hall–Kier alpha value is -4.34. The Morgan fingerprint density at radius 1 is 0.604 bits per heavy atom. The van der Waals surface area contributed by atoms with Crippen LogP contribution < -0.4 is 14.2 Å². The summed E-state index contributed by atoms with van der Waals surface area (Å²) < 4.78 is 41.1. The zero-order valence-electron chi connectivity index (χ0n) is 28.4. The minimum atomic E-state index is -0.502. The van der Waals surface area contributed by atoms with E-state index in [1.54, 1.807) is 20.3 Å². The Morgan fingerprint density at radius 2 is 1.17 bits per heavy atom. The van der Waals surface area contributed by atoms with Crippen molar-refractivity contribution in [2.45, 2.75) is 40.3 Å². The van der Waals surface area contributed by atoms with Crippen molar-refractivity contribution < 1.29 is 38.3 Å². The van der Waals surface area contributed by atoms with Crippen LogP contribution in [0.3, 0.4) is 0 Å². The molecule has 8 heteroatoms. The number of aromatic hydroxyl groups is 1. The summed E-state index contributed by atoms with van der Waals surface area (Å²) in [7, 11) is 3.26. The number of hydrogen-bond acceptors (Lipinski definition) is 8. The van der Waals surface area contributed by atoms with E-state index in [1.165, 1.54) is 0 Å². The van der Waals surface area contributed by atoms with Gasteiger partial charge in [0.1, 0.15) is 17.2 Å². The smallest absolute Gasteiger partial charge is 0.183 e. The van der Waals surface area contributed by atoms with Crippen LogP contribution in [0.5, 0.6) is 28.7 Å². The number of phenolic OH excluding ortho intramolecular Hbond substituents is 1. The van der Waals surface area contributed by atoms with Gasteiger partial charge in [-0.05, 0) is 65.2 Å². The molecule has 4 aromatic rings. The minimum Gasteiger partial charge on any atom is -0.507 e. The van der Waals surface area contributed by atoms with Crippen molar-refractivity contribution in [3.8, 4) is 39.9 Å². The number of phenols is 1. The molecule has 0 atom stereocenters. The van der Waals surface area contributed by atoms with Gasteiger partial charge in [-0.1, -0.05) is 70.2 Å². The Balaban J connectivity index is 1.18. The third kappa shape index (κ3) is 7.85. The van der Waals surface area contributed by atoms with E-state index in [4.69, 9.17) is 33.2 Å². The molecule has 0 saturated carbocycles. The molecular formula is C40H44O8. The highest BCUT2D eigenvalue weighted by molar-refractivity contribution is 5.84. The largest absolute Gasteiger partial charge is 0.507 e. The van der Waals surface area contributed by atoms with Gasteiger partial charge in [0.05, 0.1) is 40.6 Å². The van der Waals surface area contributed by atoms with Crippen molar-refractivity contribution in [3.05, 3.63) is 101 Å². The lowest BCUT2D eigenvalue weighted by Gasteiger charge is -2.34. The molecule has 1 N–H and O–H groups in total. The molecule has 48 heavy (non-hydrogen) atoms. The maximum absolute atomic E-state index is 11.1. The summed E-state index contributed by atoms with van der Waals surface area (Å²) in [6, 6.07) is 24.8. The van der Waals surface area contributed by atoms with Gasteiger partial charge in [0.15, 0.2) is 24.1 Å². The second kappa shape index (κ2) is 14.0. The van der Waals surface area contributed by atoms with Crippen molar-refractivity contribution in [1.82, 2.24) is 0 Å². The van der Waals surface area contributed by atoms with Gasteiger partial charge in [-0.25, -0.2) is 0 Å². The number of rotatable bonds is 9. The van der Waals surface area contributed by atoms with E-state index < -0.39 is 12.6 Å². The quantitative estimate of drug-likeness (QED) is 0.179. The molecule has 2 saturated heterocycles. The van der Waals surface area contributed by atoms with Gasteiger partial charge in [0.2, 0.25) is 0 Å². The summed E-state index contributed by atoms with van der Waals surface area (Å²) in [5.74, 6) is 2.72. The van der Waals surface area contributed by atoms with Crippen LogP contribution in [0.4, 0.5) is 0 Å². The highest BCUT2D eigenvalue weighted by Crippen LogP contribution is 2.40. The van der Waals surface area contributed by atoms with Crippen LogP contribution >= 0.6 is 0 Å². The third-order valence-electron chi connectivity index (χ3n) is 8.37. The normalized spacial score (nSPS) is 18.1. The third-order valence-corrected chi connectivity index (χ3v) is 8.37. The van der Waals surface area contributed by atoms with Crippen molar-refractivity contribution >= 4 is 12.2 Å². The van der Waals surface area contributed by atoms with Gasteiger partial charge in [-0.2, -0.15) is 0 Å². The highest BCUT2D eigenvalue weighted by atomic mass is 16.7. The first-order chi connectivity index (χ1) is 23.0. The summed E-state index contributed by atoms with van der Waals surface area (Å²) in [6.07, 6.45) is 3.07. The van der Waals surface area contributed by atoms with Crippen LogP contribution in [0.25, 0.3) is 23.3 Å². The number of benzene rings is 4. The fourth-order valence-corrected chi connectivity index (χ4v) is 5.62. The van der Waals surface area contributed by atoms with Gasteiger partial charge in [-0.3, -0.25) is 0 Å². The minimum absolute atomic E-state index is 0.0160. The molecule has 0 aromatic heterocycles. The van der Waals surface area contributed by atoms with E-state index in [0.29, 0.717) is 55.0 Å². The summed E-state index contributed by atoms with van der Waals surface area (Å²) in [5.41, 5.74) is 5.03. The Labute approximate surface area is 282 Å². The molecule has 2 aliphatic rings. The van der Waals surface area contributed by atoms with Crippen LogP contribution in [0.1, 0.15) is 62.5 Å². The standard InChI is InChI=1S/C40H44O8/c1-39(2)22-44-37(45-23-39)28-11-16-33(34(41)20-28)32-17-15-31(42-5)19-27(32)10-7-26-8-13-30(14-9-26)48-36-21-29(12-18-35(36)43-6)38-46-24-40(3,4)25-47-38/h7-21,37-38,41H,22-25H2,1-6H3/b10-7+. The SMILES string of the molecule is COc1ccc(-c2ccc(C3OCC(C)(C)CO3)cc2O)c(/C=C/c2ccc(Oc3cc(C4OCC(C)(C)CO4)ccc3OC)cc2)c1. The van der Waals surface area contributed by atoms with Crippen LogP contribution in [-0.2, 0) is 18.9 Å². The summed E-state index contributed by atoms with van der Waals surface area (Å²) >= 11 is 0. The zero-order valence-corrected chi connectivity index (χ0v) is 28.4. The molecule has 0 bridgehead atoms. The Bertz CT molecular complexity index is 1740. The molecule has 252 valence electrons. The summed E-state index contributed by atoms with van der Waals surface area (Å²) in [5, 5.41) is 11.1. The van der Waals surface area contributed by atoms with Gasteiger partial charge in [-0.15, -0.1) is 0 Å². The van der Waals surface area contributed by atoms with Crippen LogP contribution in [0.2, 0.25) is 0 Å². The second-order valence-electron chi connectivity index (χ2n) is 13.9. The van der Waals surface area contributed by atoms with Gasteiger partial charge in [0, 0.05) is 27.5 Å². The molecule has 0 amide bonds. The molecule has 0 spiro atoms. The topological polar surface area (TPSA) is 84.8 Å². The molecule has 2 fully saturated rings. The first kappa shape index (κ1) is 33.6. The average Bonchev–Trinajstić information content (AvgIpc) is 3.08. The van der Waals surface area contributed by atoms with Gasteiger partial charge >= 0.3 is 0 Å². The molecule has 2 heterocycles. The predicted octanol–water partition coefficient (Wildman–Crippen LogP) is 9.18. The van der Waals surface area contributed by atoms with Crippen molar-refractivity contribution in [3.63, 3.8) is 0 Å². The second-order valence-corrected chi connectivity index (χ2v) is 13.9. The Kier molecular flexibility index (Phi) is 9.80. The molecule has 0 aliphatic carbocycles. The first-order valence-electron chi connectivity index (χ1n) is 16.1. The van der Waals surface area contributed by atoms with Crippen molar-refractivity contribution in [1.29, 1.82) is 0 Å². The fourth-order valence-electron chi connectivity index (χ4n) is 5.62. The van der Waals surface area contributed by atoms with E-state index in [-0.39, 0.29) is 16.6 Å². The maximum Gasteiger partial charge on any atom is 0.183 e. The fraction of sp³-hybridized carbons (Fsp3) is 0.350. The van der Waals surface area contributed by atoms with Crippen molar-refractivity contribution in [2.75, 3.05) is 40.6 Å². The molecule has 2 aliphatic heterocycles. The molecule has 8 nitrogen and oxygen atoms in total. The number of ether oxygens (including phenoxy) is 7. The Morgan fingerprint density at radius 3 is 1.75 bits per heavy atom. The molecule has 0 unspecified atom stereocenters. The number of methoxy groups -OCH3 is 2. The lowest BCUT2D eigenvalue weighted by atomic mass is 9.94.